The van der Waals surface area contributed by atoms with Gasteiger partial charge in [-0.2, -0.15) is 0 Å². The molecule has 3 aliphatic rings. The Balaban J connectivity index is 2.00. The second kappa shape index (κ2) is 13.3. The summed E-state index contributed by atoms with van der Waals surface area (Å²) >= 11 is 0. The Bertz CT molecular complexity index is 943. The number of carbonyl (C=O) groups excluding carboxylic acids is 2. The third-order valence-electron chi connectivity index (χ3n) is 9.71. The van der Waals surface area contributed by atoms with E-state index in [-0.39, 0.29) is 30.3 Å². The number of ether oxygens (including phenoxy) is 6. The fraction of sp³-hybridized carbons (Fsp3) is 0.871. The Morgan fingerprint density at radius 1 is 1.07 bits per heavy atom. The largest absolute Gasteiger partial charge is 0.458 e. The summed E-state index contributed by atoms with van der Waals surface area (Å²) in [4.78, 5) is 29.3. The monoisotopic (exact) mass is 583 g/mol. The number of aliphatic hydroxyl groups is 1. The Morgan fingerprint density at radius 2 is 1.73 bits per heavy atom. The third-order valence-corrected chi connectivity index (χ3v) is 9.71. The summed E-state index contributed by atoms with van der Waals surface area (Å²) in [7, 11) is 5.66. The molecule has 3 rings (SSSR count). The second-order valence-electron chi connectivity index (χ2n) is 13.0. The second-order valence-corrected chi connectivity index (χ2v) is 13.0. The van der Waals surface area contributed by atoms with Crippen LogP contribution < -0.4 is 0 Å². The van der Waals surface area contributed by atoms with Gasteiger partial charge in [0.1, 0.15) is 11.9 Å². The Morgan fingerprint density at radius 3 is 2.32 bits per heavy atom. The van der Waals surface area contributed by atoms with E-state index in [0.29, 0.717) is 19.3 Å². The first-order valence-corrected chi connectivity index (χ1v) is 15.1. The number of carbonyl (C=O) groups is 2. The zero-order valence-electron chi connectivity index (χ0n) is 26.7. The minimum atomic E-state index is -1.12. The van der Waals surface area contributed by atoms with E-state index < -0.39 is 65.6 Å². The van der Waals surface area contributed by atoms with Crippen LogP contribution in [0.1, 0.15) is 80.6 Å². The molecule has 0 unspecified atom stereocenters. The number of Topliss-reactive ketones (excluding diaryl/α,β-unsaturated/α-hetero) is 1. The summed E-state index contributed by atoms with van der Waals surface area (Å²) in [5.41, 5.74) is -2.10. The molecule has 1 N–H and O–H groups in total. The highest BCUT2D eigenvalue weighted by Crippen LogP contribution is 2.43. The Labute approximate surface area is 246 Å². The highest BCUT2D eigenvalue weighted by Gasteiger charge is 2.56. The molecule has 10 heteroatoms. The molecule has 41 heavy (non-hydrogen) atoms. The van der Waals surface area contributed by atoms with Gasteiger partial charge >= 0.3 is 5.97 Å². The first-order valence-electron chi connectivity index (χ1n) is 15.1. The van der Waals surface area contributed by atoms with Gasteiger partial charge in [-0.05, 0) is 67.6 Å². The van der Waals surface area contributed by atoms with E-state index in [2.05, 4.69) is 11.5 Å². The maximum Gasteiger partial charge on any atom is 0.311 e. The fourth-order valence-corrected chi connectivity index (χ4v) is 6.76. The number of hydrogen-bond donors (Lipinski definition) is 1. The van der Waals surface area contributed by atoms with E-state index in [1.807, 2.05) is 41.8 Å². The van der Waals surface area contributed by atoms with Crippen LogP contribution in [0.5, 0.6) is 0 Å². The maximum absolute atomic E-state index is 13.6. The van der Waals surface area contributed by atoms with Crippen LogP contribution in [0.2, 0.25) is 0 Å². The number of nitrogens with zero attached hydrogens (tertiary/aromatic N) is 1. The van der Waals surface area contributed by atoms with Crippen LogP contribution in [0.25, 0.3) is 0 Å². The lowest BCUT2D eigenvalue weighted by atomic mass is 9.77. The van der Waals surface area contributed by atoms with Crippen LogP contribution in [0.4, 0.5) is 0 Å². The van der Waals surface area contributed by atoms with E-state index in [4.69, 9.17) is 28.4 Å². The lowest BCUT2D eigenvalue weighted by molar-refractivity contribution is -0.269. The first-order chi connectivity index (χ1) is 19.1. The lowest BCUT2D eigenvalue weighted by Crippen LogP contribution is -2.56. The number of fused-ring (bicyclic) bond motifs is 1. The number of hydrogen-bond acceptors (Lipinski definition) is 10. The molecule has 3 saturated heterocycles. The van der Waals surface area contributed by atoms with Crippen molar-refractivity contribution in [2.75, 3.05) is 21.2 Å². The molecule has 0 radical (unpaired) electrons. The van der Waals surface area contributed by atoms with Gasteiger partial charge in [-0.3, -0.25) is 9.59 Å². The van der Waals surface area contributed by atoms with Crippen LogP contribution in [0, 0.1) is 17.8 Å². The van der Waals surface area contributed by atoms with Crippen molar-refractivity contribution in [1.82, 2.24) is 4.90 Å². The molecule has 0 amide bonds. The number of esters is 1. The van der Waals surface area contributed by atoms with E-state index >= 15 is 0 Å². The lowest BCUT2D eigenvalue weighted by Gasteiger charge is -2.46. The topological polar surface area (TPSA) is 113 Å². The van der Waals surface area contributed by atoms with Gasteiger partial charge in [-0.25, -0.2) is 0 Å². The van der Waals surface area contributed by atoms with Gasteiger partial charge in [0, 0.05) is 31.9 Å². The van der Waals surface area contributed by atoms with Crippen LogP contribution in [-0.2, 0) is 38.0 Å². The van der Waals surface area contributed by atoms with E-state index in [1.54, 1.807) is 27.9 Å². The molecule has 0 saturated carbocycles. The van der Waals surface area contributed by atoms with Crippen LogP contribution in [0.15, 0.2) is 12.5 Å². The first kappa shape index (κ1) is 33.8. The summed E-state index contributed by atoms with van der Waals surface area (Å²) in [6.45, 7) is 16.7. The minimum Gasteiger partial charge on any atom is -0.458 e. The van der Waals surface area contributed by atoms with Crippen LogP contribution in [-0.4, -0.2) is 97.0 Å². The van der Waals surface area contributed by atoms with Gasteiger partial charge in [0.05, 0.1) is 35.7 Å². The molecule has 0 bridgehead atoms. The van der Waals surface area contributed by atoms with Crippen molar-refractivity contribution in [1.29, 1.82) is 0 Å². The van der Waals surface area contributed by atoms with E-state index in [0.717, 1.165) is 6.42 Å². The molecular formula is C31H53NO9. The smallest absolute Gasteiger partial charge is 0.311 e. The van der Waals surface area contributed by atoms with Crippen molar-refractivity contribution < 1.29 is 43.1 Å². The van der Waals surface area contributed by atoms with E-state index in [1.165, 1.54) is 0 Å². The van der Waals surface area contributed by atoms with Crippen molar-refractivity contribution >= 4 is 11.8 Å². The van der Waals surface area contributed by atoms with Gasteiger partial charge < -0.3 is 38.4 Å². The highest BCUT2D eigenvalue weighted by molar-refractivity contribution is 5.81. The third kappa shape index (κ3) is 7.09. The summed E-state index contributed by atoms with van der Waals surface area (Å²) in [6, 6.07) is 0.260. The predicted molar refractivity (Wildman–Crippen MR) is 153 cm³/mol. The van der Waals surface area contributed by atoms with Crippen molar-refractivity contribution in [3.8, 4) is 0 Å². The molecule has 0 aromatic heterocycles. The van der Waals surface area contributed by atoms with Crippen molar-refractivity contribution in [3.63, 3.8) is 0 Å². The van der Waals surface area contributed by atoms with Crippen molar-refractivity contribution in [2.45, 2.75) is 135 Å². The zero-order chi connectivity index (χ0) is 30.9. The number of ketones is 1. The fourth-order valence-electron chi connectivity index (χ4n) is 6.76. The molecule has 236 valence electrons. The molecule has 3 aliphatic heterocycles. The molecule has 0 aromatic rings. The molecule has 12 atom stereocenters. The Hall–Kier alpha value is -1.72. The van der Waals surface area contributed by atoms with Crippen LogP contribution >= 0.6 is 0 Å². The SMILES string of the molecule is C=C1O[C@@H]2[C@@H](C)C(=O)CC[C@](C)(OC)[C@H](O[C@H]3C[C@@H](N(C)C)C[C@@H](C)O3)[C@@H](C)[C@H](O)[C@@H](C)C(=O)O[C@H](CC)[C@@]2(C)O1. The van der Waals surface area contributed by atoms with Crippen LogP contribution in [0.3, 0.4) is 0 Å². The van der Waals surface area contributed by atoms with Gasteiger partial charge in [0.2, 0.25) is 0 Å². The molecule has 0 aromatic carbocycles. The predicted octanol–water partition coefficient (Wildman–Crippen LogP) is 3.83. The van der Waals surface area contributed by atoms with E-state index in [9.17, 15) is 14.7 Å². The molecule has 3 heterocycles. The number of aliphatic hydroxyl groups excluding tert-OH is 1. The van der Waals surface area contributed by atoms with Gasteiger partial charge in [0.25, 0.3) is 5.95 Å². The van der Waals surface area contributed by atoms with Crippen molar-refractivity contribution in [2.24, 2.45) is 17.8 Å². The van der Waals surface area contributed by atoms with Crippen molar-refractivity contribution in [3.05, 3.63) is 12.5 Å². The Kier molecular flexibility index (Phi) is 10.9. The van der Waals surface area contributed by atoms with Gasteiger partial charge in [-0.1, -0.05) is 20.8 Å². The molecular weight excluding hydrogens is 530 g/mol. The highest BCUT2D eigenvalue weighted by atomic mass is 16.7. The summed E-state index contributed by atoms with van der Waals surface area (Å²) < 4.78 is 36.8. The zero-order valence-corrected chi connectivity index (χ0v) is 26.7. The average Bonchev–Trinajstić information content (AvgIpc) is 3.24. The summed E-state index contributed by atoms with van der Waals surface area (Å²) in [5.74, 6) is -2.53. The standard InChI is InChI=1S/C31H53NO9/c1-12-24-31(8)28(38-21(6)41-31)18(3)23(33)13-14-30(7,36-11)27(19(4)26(34)20(5)29(35)39-24)40-25-16-22(32(9)10)15-17(2)37-25/h17-20,22,24-28,34H,6,12-16H2,1-5,7-11H3/t17-,18+,19+,20-,22+,24-,25+,26+,27-,28-,30+,31-/m1/s1. The number of methoxy groups -OCH3 is 1. The number of cyclic esters (lactones) is 1. The van der Waals surface area contributed by atoms with Gasteiger partial charge in [-0.15, -0.1) is 0 Å². The quantitative estimate of drug-likeness (QED) is 0.479. The van der Waals surface area contributed by atoms with Gasteiger partial charge in [0.15, 0.2) is 18.0 Å². The summed E-state index contributed by atoms with van der Waals surface area (Å²) in [5, 5.41) is 11.6. The average molecular weight is 584 g/mol. The number of rotatable bonds is 5. The maximum atomic E-state index is 13.6. The molecule has 0 spiro atoms. The molecule has 3 fully saturated rings. The minimum absolute atomic E-state index is 0.0197. The molecule has 0 aliphatic carbocycles. The molecule has 10 nitrogen and oxygen atoms in total. The summed E-state index contributed by atoms with van der Waals surface area (Å²) in [6.07, 6.45) is -1.35. The normalized spacial score (nSPS) is 44.9.